The molecular weight excluding hydrogens is 236 g/mol. The van der Waals surface area contributed by atoms with E-state index >= 15 is 0 Å². The monoisotopic (exact) mass is 268 g/mol. The lowest BCUT2D eigenvalue weighted by Crippen LogP contribution is -2.56. The quantitative estimate of drug-likeness (QED) is 0.797. The zero-order valence-corrected chi connectivity index (χ0v) is 13.0. The maximum atomic E-state index is 6.22. The van der Waals surface area contributed by atoms with Crippen LogP contribution in [0.4, 0.5) is 0 Å². The molecule has 0 spiro atoms. The van der Waals surface area contributed by atoms with E-state index in [1.807, 2.05) is 0 Å². The molecular formula is C16H32N2O. The van der Waals surface area contributed by atoms with Gasteiger partial charge in [-0.2, -0.15) is 0 Å². The molecule has 0 aromatic heterocycles. The molecule has 0 bridgehead atoms. The summed E-state index contributed by atoms with van der Waals surface area (Å²) >= 11 is 0. The minimum absolute atomic E-state index is 0.224. The van der Waals surface area contributed by atoms with Gasteiger partial charge < -0.3 is 10.5 Å². The Morgan fingerprint density at radius 3 is 2.63 bits per heavy atom. The summed E-state index contributed by atoms with van der Waals surface area (Å²) in [5.74, 6) is 1.70. The van der Waals surface area contributed by atoms with Crippen molar-refractivity contribution in [3.8, 4) is 0 Å². The standard InChI is InChI=1S/C16H32N2O/c1-13(2)14-5-4-8-16(12-17,9-6-14)18(3)15-7-10-19-11-15/h13-15H,4-12,17H2,1-3H3. The fraction of sp³-hybridized carbons (Fsp3) is 1.00. The molecule has 3 heteroatoms. The predicted octanol–water partition coefficient (Wildman–Crippen LogP) is 2.64. The predicted molar refractivity (Wildman–Crippen MR) is 80.2 cm³/mol. The third-order valence-electron chi connectivity index (χ3n) is 5.72. The van der Waals surface area contributed by atoms with Gasteiger partial charge in [0, 0.05) is 24.7 Å². The highest BCUT2D eigenvalue weighted by molar-refractivity contribution is 4.96. The van der Waals surface area contributed by atoms with Gasteiger partial charge in [-0.1, -0.05) is 26.7 Å². The lowest BCUT2D eigenvalue weighted by Gasteiger charge is -2.44. The van der Waals surface area contributed by atoms with E-state index in [-0.39, 0.29) is 5.54 Å². The van der Waals surface area contributed by atoms with Crippen molar-refractivity contribution in [1.82, 2.24) is 4.90 Å². The Kier molecular flexibility index (Phi) is 5.27. The van der Waals surface area contributed by atoms with Crippen molar-refractivity contribution in [1.29, 1.82) is 0 Å². The van der Waals surface area contributed by atoms with E-state index in [2.05, 4.69) is 25.8 Å². The molecule has 1 heterocycles. The largest absolute Gasteiger partial charge is 0.380 e. The third kappa shape index (κ3) is 3.32. The first kappa shape index (κ1) is 15.3. The SMILES string of the molecule is CC(C)C1CCCC(CN)(N(C)C2CCOC2)CC1. The van der Waals surface area contributed by atoms with Crippen LogP contribution in [0.3, 0.4) is 0 Å². The molecule has 1 aliphatic heterocycles. The number of ether oxygens (including phenoxy) is 1. The number of nitrogens with two attached hydrogens (primary N) is 1. The van der Waals surface area contributed by atoms with Crippen LogP contribution in [0.2, 0.25) is 0 Å². The van der Waals surface area contributed by atoms with E-state index in [4.69, 9.17) is 10.5 Å². The molecule has 2 rings (SSSR count). The fourth-order valence-electron chi connectivity index (χ4n) is 4.00. The summed E-state index contributed by atoms with van der Waals surface area (Å²) in [7, 11) is 2.28. The van der Waals surface area contributed by atoms with Crippen molar-refractivity contribution in [3.63, 3.8) is 0 Å². The highest BCUT2D eigenvalue weighted by atomic mass is 16.5. The van der Waals surface area contributed by atoms with Gasteiger partial charge in [-0.25, -0.2) is 0 Å². The van der Waals surface area contributed by atoms with Crippen molar-refractivity contribution in [3.05, 3.63) is 0 Å². The number of hydrogen-bond acceptors (Lipinski definition) is 3. The van der Waals surface area contributed by atoms with E-state index in [1.54, 1.807) is 0 Å². The smallest absolute Gasteiger partial charge is 0.0622 e. The second kappa shape index (κ2) is 6.55. The van der Waals surface area contributed by atoms with Crippen molar-refractivity contribution >= 4 is 0 Å². The first-order valence-electron chi connectivity index (χ1n) is 8.10. The molecule has 2 fully saturated rings. The van der Waals surface area contributed by atoms with E-state index in [0.29, 0.717) is 6.04 Å². The van der Waals surface area contributed by atoms with Crippen molar-refractivity contribution in [2.75, 3.05) is 26.8 Å². The summed E-state index contributed by atoms with van der Waals surface area (Å²) in [5, 5.41) is 0. The lowest BCUT2D eigenvalue weighted by atomic mass is 9.85. The van der Waals surface area contributed by atoms with Crippen LogP contribution in [0, 0.1) is 11.8 Å². The average Bonchev–Trinajstić information content (AvgIpc) is 2.83. The van der Waals surface area contributed by atoms with Gasteiger partial charge in [0.05, 0.1) is 6.61 Å². The maximum absolute atomic E-state index is 6.22. The Labute approximate surface area is 118 Å². The molecule has 1 saturated heterocycles. The normalized spacial score (nSPS) is 36.9. The van der Waals surface area contributed by atoms with Crippen LogP contribution in [0.1, 0.15) is 52.4 Å². The molecule has 0 aromatic rings. The molecule has 2 aliphatic rings. The number of hydrogen-bond donors (Lipinski definition) is 1. The van der Waals surface area contributed by atoms with Crippen molar-refractivity contribution < 1.29 is 4.74 Å². The second-order valence-corrected chi connectivity index (χ2v) is 6.99. The van der Waals surface area contributed by atoms with Crippen molar-refractivity contribution in [2.24, 2.45) is 17.6 Å². The summed E-state index contributed by atoms with van der Waals surface area (Å²) in [6, 6.07) is 0.583. The zero-order valence-electron chi connectivity index (χ0n) is 13.0. The molecule has 0 aromatic carbocycles. The molecule has 3 atom stereocenters. The first-order chi connectivity index (χ1) is 9.09. The van der Waals surface area contributed by atoms with Gasteiger partial charge >= 0.3 is 0 Å². The maximum Gasteiger partial charge on any atom is 0.0622 e. The topological polar surface area (TPSA) is 38.5 Å². The van der Waals surface area contributed by atoms with Crippen LogP contribution in [-0.4, -0.2) is 43.3 Å². The van der Waals surface area contributed by atoms with Crippen LogP contribution in [0.25, 0.3) is 0 Å². The van der Waals surface area contributed by atoms with E-state index in [0.717, 1.165) is 31.6 Å². The van der Waals surface area contributed by atoms with Crippen LogP contribution < -0.4 is 5.73 Å². The first-order valence-corrected chi connectivity index (χ1v) is 8.10. The Balaban J connectivity index is 2.04. The minimum atomic E-state index is 0.224. The van der Waals surface area contributed by atoms with Gasteiger partial charge in [0.1, 0.15) is 0 Å². The molecule has 0 radical (unpaired) electrons. The molecule has 3 nitrogen and oxygen atoms in total. The Bertz CT molecular complexity index is 276. The van der Waals surface area contributed by atoms with Crippen LogP contribution in [-0.2, 0) is 4.74 Å². The molecule has 19 heavy (non-hydrogen) atoms. The molecule has 0 amide bonds. The summed E-state index contributed by atoms with van der Waals surface area (Å²) in [5.41, 5.74) is 6.44. The van der Waals surface area contributed by atoms with Gasteiger partial charge in [-0.05, 0) is 44.6 Å². The van der Waals surface area contributed by atoms with E-state index in [1.165, 1.54) is 38.5 Å². The summed E-state index contributed by atoms with van der Waals surface area (Å²) in [4.78, 5) is 2.57. The molecule has 112 valence electrons. The van der Waals surface area contributed by atoms with Crippen LogP contribution >= 0.6 is 0 Å². The number of nitrogens with zero attached hydrogens (tertiary/aromatic N) is 1. The fourth-order valence-corrected chi connectivity index (χ4v) is 4.00. The minimum Gasteiger partial charge on any atom is -0.380 e. The summed E-state index contributed by atoms with van der Waals surface area (Å²) in [6.07, 6.45) is 7.75. The Morgan fingerprint density at radius 1 is 1.26 bits per heavy atom. The summed E-state index contributed by atoms with van der Waals surface area (Å²) < 4.78 is 5.57. The van der Waals surface area contributed by atoms with Gasteiger partial charge in [-0.3, -0.25) is 4.90 Å². The number of rotatable bonds is 4. The van der Waals surface area contributed by atoms with Gasteiger partial charge in [0.25, 0.3) is 0 Å². The van der Waals surface area contributed by atoms with E-state index < -0.39 is 0 Å². The Morgan fingerprint density at radius 2 is 2.05 bits per heavy atom. The molecule has 1 saturated carbocycles. The third-order valence-corrected chi connectivity index (χ3v) is 5.72. The van der Waals surface area contributed by atoms with Gasteiger partial charge in [-0.15, -0.1) is 0 Å². The zero-order chi connectivity index (χ0) is 13.9. The highest BCUT2D eigenvalue weighted by Crippen LogP contribution is 2.38. The second-order valence-electron chi connectivity index (χ2n) is 6.99. The van der Waals surface area contributed by atoms with Crippen LogP contribution in [0.5, 0.6) is 0 Å². The molecule has 1 aliphatic carbocycles. The average molecular weight is 268 g/mol. The lowest BCUT2D eigenvalue weighted by molar-refractivity contribution is 0.0526. The molecule has 3 unspecified atom stereocenters. The Hall–Kier alpha value is -0.120. The van der Waals surface area contributed by atoms with Gasteiger partial charge in [0.15, 0.2) is 0 Å². The van der Waals surface area contributed by atoms with Crippen LogP contribution in [0.15, 0.2) is 0 Å². The molecule has 2 N–H and O–H groups in total. The van der Waals surface area contributed by atoms with Crippen molar-refractivity contribution in [2.45, 2.75) is 64.0 Å². The highest BCUT2D eigenvalue weighted by Gasteiger charge is 2.39. The van der Waals surface area contributed by atoms with Gasteiger partial charge in [0.2, 0.25) is 0 Å². The number of likely N-dealkylation sites (N-methyl/N-ethyl adjacent to an activating group) is 1. The van der Waals surface area contributed by atoms with E-state index in [9.17, 15) is 0 Å². The summed E-state index contributed by atoms with van der Waals surface area (Å²) in [6.45, 7) is 7.35.